The maximum Gasteiger partial charge on any atom is 0.276 e. The highest BCUT2D eigenvalue weighted by Gasteiger charge is 2.14. The lowest BCUT2D eigenvalue weighted by atomic mass is 10.3. The fourth-order valence-corrected chi connectivity index (χ4v) is 4.32. The summed E-state index contributed by atoms with van der Waals surface area (Å²) in [6.45, 7) is 2.57. The second-order valence-corrected chi connectivity index (χ2v) is 8.03. The van der Waals surface area contributed by atoms with Crippen molar-refractivity contribution in [1.29, 1.82) is 0 Å². The zero-order valence-corrected chi connectivity index (χ0v) is 17.1. The van der Waals surface area contributed by atoms with Crippen LogP contribution in [-0.4, -0.2) is 22.5 Å². The first kappa shape index (κ1) is 18.7. The first-order chi connectivity index (χ1) is 13.6. The van der Waals surface area contributed by atoms with Gasteiger partial charge in [-0.05, 0) is 49.4 Å². The molecule has 9 heteroatoms. The minimum Gasteiger partial charge on any atom is -0.494 e. The van der Waals surface area contributed by atoms with Crippen molar-refractivity contribution >= 4 is 66.3 Å². The van der Waals surface area contributed by atoms with Crippen molar-refractivity contribution in [1.82, 2.24) is 9.97 Å². The molecular weight excluding hydrogens is 416 g/mol. The van der Waals surface area contributed by atoms with Crippen molar-refractivity contribution in [2.75, 3.05) is 17.2 Å². The molecule has 4 aromatic rings. The number of carbonyl (C=O) groups excluding carboxylic acids is 1. The zero-order chi connectivity index (χ0) is 19.5. The highest BCUT2D eigenvalue weighted by molar-refractivity contribution is 7.22. The highest BCUT2D eigenvalue weighted by Crippen LogP contribution is 2.29. The maximum atomic E-state index is 12.5. The van der Waals surface area contributed by atoms with Crippen molar-refractivity contribution < 1.29 is 9.53 Å². The molecule has 0 bridgehead atoms. The largest absolute Gasteiger partial charge is 0.494 e. The highest BCUT2D eigenvalue weighted by atomic mass is 35.5. The van der Waals surface area contributed by atoms with E-state index in [9.17, 15) is 4.79 Å². The number of aromatic nitrogens is 2. The van der Waals surface area contributed by atoms with Crippen LogP contribution >= 0.6 is 34.3 Å². The Morgan fingerprint density at radius 2 is 1.96 bits per heavy atom. The summed E-state index contributed by atoms with van der Waals surface area (Å²) in [5.41, 5.74) is 1.99. The molecule has 6 nitrogen and oxygen atoms in total. The van der Waals surface area contributed by atoms with Gasteiger partial charge in [0.25, 0.3) is 5.91 Å². The van der Waals surface area contributed by atoms with Crippen LogP contribution in [0.25, 0.3) is 10.2 Å². The fraction of sp³-hybridized carbons (Fsp3) is 0.105. The lowest BCUT2D eigenvalue weighted by Gasteiger charge is -2.05. The van der Waals surface area contributed by atoms with Crippen LogP contribution in [0.3, 0.4) is 0 Å². The number of hydrogen-bond donors (Lipinski definition) is 2. The van der Waals surface area contributed by atoms with E-state index in [0.717, 1.165) is 21.7 Å². The van der Waals surface area contributed by atoms with Crippen LogP contribution in [0.15, 0.2) is 47.8 Å². The number of anilines is 3. The normalized spacial score (nSPS) is 10.8. The third-order valence-electron chi connectivity index (χ3n) is 3.72. The molecular formula is C19H15ClN4O2S2. The molecule has 2 aromatic heterocycles. The summed E-state index contributed by atoms with van der Waals surface area (Å²) in [5.74, 6) is 0.505. The first-order valence-corrected chi connectivity index (χ1v) is 10.5. The number of rotatable bonds is 6. The summed E-state index contributed by atoms with van der Waals surface area (Å²) in [6.07, 6.45) is 0. The minimum absolute atomic E-state index is 0.304. The Bertz CT molecular complexity index is 1120. The van der Waals surface area contributed by atoms with Gasteiger partial charge in [-0.1, -0.05) is 22.9 Å². The smallest absolute Gasteiger partial charge is 0.276 e. The quantitative estimate of drug-likeness (QED) is 0.404. The molecule has 2 aromatic carbocycles. The van der Waals surface area contributed by atoms with Crippen LogP contribution in [0.4, 0.5) is 16.0 Å². The molecule has 1 amide bonds. The van der Waals surface area contributed by atoms with Gasteiger partial charge >= 0.3 is 0 Å². The summed E-state index contributed by atoms with van der Waals surface area (Å²) < 4.78 is 6.34. The Hall–Kier alpha value is -2.68. The van der Waals surface area contributed by atoms with Gasteiger partial charge in [0.15, 0.2) is 10.3 Å². The summed E-state index contributed by atoms with van der Waals surface area (Å²) in [7, 11) is 0. The number of hydrogen-bond acceptors (Lipinski definition) is 7. The number of nitrogens with zero attached hydrogens (tertiary/aromatic N) is 2. The lowest BCUT2D eigenvalue weighted by molar-refractivity contribution is 0.102. The first-order valence-electron chi connectivity index (χ1n) is 8.43. The van der Waals surface area contributed by atoms with E-state index in [4.69, 9.17) is 16.3 Å². The molecule has 0 fully saturated rings. The number of halogens is 1. The molecule has 0 aliphatic rings. The van der Waals surface area contributed by atoms with Gasteiger partial charge in [0.1, 0.15) is 11.4 Å². The van der Waals surface area contributed by atoms with Gasteiger partial charge < -0.3 is 10.1 Å². The summed E-state index contributed by atoms with van der Waals surface area (Å²) >= 11 is 8.72. The van der Waals surface area contributed by atoms with Crippen molar-refractivity contribution in [3.05, 3.63) is 58.6 Å². The molecule has 0 saturated heterocycles. The zero-order valence-electron chi connectivity index (χ0n) is 14.7. The number of fused-ring (bicyclic) bond motifs is 1. The van der Waals surface area contributed by atoms with Crippen molar-refractivity contribution in [3.8, 4) is 5.75 Å². The van der Waals surface area contributed by atoms with Gasteiger partial charge in [-0.2, -0.15) is 0 Å². The Kier molecular flexibility index (Phi) is 5.43. The average molecular weight is 431 g/mol. The van der Waals surface area contributed by atoms with Crippen LogP contribution in [0.2, 0.25) is 5.02 Å². The van der Waals surface area contributed by atoms with E-state index in [1.54, 1.807) is 11.4 Å². The van der Waals surface area contributed by atoms with E-state index >= 15 is 0 Å². The van der Waals surface area contributed by atoms with Gasteiger partial charge in [0, 0.05) is 16.1 Å². The second kappa shape index (κ2) is 8.14. The summed E-state index contributed by atoms with van der Waals surface area (Å²) in [6, 6.07) is 13.0. The minimum atomic E-state index is -0.304. The van der Waals surface area contributed by atoms with Gasteiger partial charge in [0.2, 0.25) is 0 Å². The van der Waals surface area contributed by atoms with Crippen molar-refractivity contribution in [2.24, 2.45) is 0 Å². The Morgan fingerprint density at radius 1 is 1.14 bits per heavy atom. The number of carbonyl (C=O) groups is 1. The van der Waals surface area contributed by atoms with Crippen LogP contribution in [0.1, 0.15) is 17.4 Å². The van der Waals surface area contributed by atoms with Crippen LogP contribution < -0.4 is 15.4 Å². The van der Waals surface area contributed by atoms with Gasteiger partial charge in [0.05, 0.1) is 16.8 Å². The monoisotopic (exact) mass is 430 g/mol. The summed E-state index contributed by atoms with van der Waals surface area (Å²) in [4.78, 5) is 21.2. The van der Waals surface area contributed by atoms with Crippen LogP contribution in [-0.2, 0) is 0 Å². The van der Waals surface area contributed by atoms with Crippen molar-refractivity contribution in [2.45, 2.75) is 6.92 Å². The molecule has 0 saturated carbocycles. The van der Waals surface area contributed by atoms with E-state index in [1.807, 2.05) is 43.3 Å². The Balaban J connectivity index is 1.43. The number of benzene rings is 2. The van der Waals surface area contributed by atoms with Gasteiger partial charge in [-0.15, -0.1) is 11.3 Å². The van der Waals surface area contributed by atoms with E-state index < -0.39 is 0 Å². The number of nitrogens with one attached hydrogen (secondary N) is 2. The molecule has 2 N–H and O–H groups in total. The molecule has 0 aliphatic carbocycles. The van der Waals surface area contributed by atoms with Gasteiger partial charge in [-0.25, -0.2) is 9.97 Å². The van der Waals surface area contributed by atoms with Crippen molar-refractivity contribution in [3.63, 3.8) is 0 Å². The topological polar surface area (TPSA) is 76.1 Å². The average Bonchev–Trinajstić information content (AvgIpc) is 3.29. The fourth-order valence-electron chi connectivity index (χ4n) is 2.47. The molecule has 28 heavy (non-hydrogen) atoms. The number of thiazole rings is 2. The maximum absolute atomic E-state index is 12.5. The SMILES string of the molecule is CCOc1ccc(Nc2nc(C(=O)Nc3nc4ccc(Cl)cc4s3)cs2)cc1. The second-order valence-electron chi connectivity index (χ2n) is 5.71. The third-order valence-corrected chi connectivity index (χ3v) is 5.65. The molecule has 0 radical (unpaired) electrons. The third kappa shape index (κ3) is 4.24. The molecule has 0 aliphatic heterocycles. The standard InChI is InChI=1S/C19H15ClN4O2S2/c1-2-26-13-6-4-12(5-7-13)21-18-23-15(10-27-18)17(25)24-19-22-14-8-3-11(20)9-16(14)28-19/h3-10H,2H2,1H3,(H,21,23)(H,22,24,25). The Morgan fingerprint density at radius 3 is 2.75 bits per heavy atom. The van der Waals surface area contributed by atoms with E-state index in [1.165, 1.54) is 22.7 Å². The Labute approximate surface area is 174 Å². The van der Waals surface area contributed by atoms with Crippen LogP contribution in [0, 0.1) is 0 Å². The molecule has 0 unspecified atom stereocenters. The number of amides is 1. The predicted octanol–water partition coefficient (Wildman–Crippen LogP) is 5.80. The van der Waals surface area contributed by atoms with E-state index in [2.05, 4.69) is 20.6 Å². The molecule has 4 rings (SSSR count). The van der Waals surface area contributed by atoms with Gasteiger partial charge in [-0.3, -0.25) is 10.1 Å². The molecule has 2 heterocycles. The van der Waals surface area contributed by atoms with Crippen LogP contribution in [0.5, 0.6) is 5.75 Å². The molecule has 0 spiro atoms. The number of ether oxygens (including phenoxy) is 1. The lowest BCUT2D eigenvalue weighted by Crippen LogP contribution is -2.12. The molecule has 0 atom stereocenters. The van der Waals surface area contributed by atoms with E-state index in [-0.39, 0.29) is 5.91 Å². The molecule has 142 valence electrons. The summed E-state index contributed by atoms with van der Waals surface area (Å²) in [5, 5.41) is 9.46. The predicted molar refractivity (Wildman–Crippen MR) is 116 cm³/mol. The van der Waals surface area contributed by atoms with E-state index in [0.29, 0.717) is 27.6 Å².